The fourth-order valence-corrected chi connectivity index (χ4v) is 5.52. The smallest absolute Gasteiger partial charge is 0.317 e. The Labute approximate surface area is 160 Å². The Balaban J connectivity index is 1.43. The lowest BCUT2D eigenvalue weighted by molar-refractivity contribution is -0.00115. The zero-order valence-electron chi connectivity index (χ0n) is 16.0. The number of nitrogens with one attached hydrogen (secondary N) is 2. The van der Waals surface area contributed by atoms with Gasteiger partial charge in [-0.1, -0.05) is 37.5 Å². The maximum absolute atomic E-state index is 13.1. The number of benzene rings is 1. The van der Waals surface area contributed by atoms with E-state index in [-0.39, 0.29) is 18.2 Å². The van der Waals surface area contributed by atoms with E-state index in [9.17, 15) is 4.79 Å². The molecule has 2 fully saturated rings. The zero-order valence-corrected chi connectivity index (χ0v) is 16.0. The Kier molecular flexibility index (Phi) is 4.35. The van der Waals surface area contributed by atoms with E-state index < -0.39 is 0 Å². The molecular weight excluding hydrogens is 338 g/mol. The number of hydrogen-bond donors (Lipinski definition) is 2. The standard InChI is InChI=1S/C22H29N3O2/c1-27-20-13-25(22(26)23-14-7-3-2-4-8-14)15-11-17-16-9-5-6-10-19(16)24-21(17)18(20)12-15/h5-6,9-10,14-15,18,20,24H,2-4,7-8,11-13H2,1H3,(H,23,26)/t15-,18+,20-/m0/s1. The van der Waals surface area contributed by atoms with Gasteiger partial charge in [0.1, 0.15) is 0 Å². The fourth-order valence-electron chi connectivity index (χ4n) is 5.52. The summed E-state index contributed by atoms with van der Waals surface area (Å²) in [5.74, 6) is 0.342. The Morgan fingerprint density at radius 3 is 2.85 bits per heavy atom. The van der Waals surface area contributed by atoms with Crippen LogP contribution in [0.15, 0.2) is 24.3 Å². The molecule has 0 spiro atoms. The number of carbonyl (C=O) groups excluding carboxylic acids is 1. The highest BCUT2D eigenvalue weighted by molar-refractivity contribution is 5.85. The van der Waals surface area contributed by atoms with E-state index in [0.29, 0.717) is 18.5 Å². The van der Waals surface area contributed by atoms with Crippen LogP contribution in [0, 0.1) is 0 Å². The molecule has 27 heavy (non-hydrogen) atoms. The fraction of sp³-hybridized carbons (Fsp3) is 0.591. The number of urea groups is 1. The van der Waals surface area contributed by atoms with E-state index in [1.807, 2.05) is 0 Å². The number of para-hydroxylation sites is 1. The van der Waals surface area contributed by atoms with Gasteiger partial charge in [-0.3, -0.25) is 0 Å². The summed E-state index contributed by atoms with van der Waals surface area (Å²) in [6, 6.07) is 9.23. The highest BCUT2D eigenvalue weighted by Gasteiger charge is 2.44. The summed E-state index contributed by atoms with van der Waals surface area (Å²) in [6.45, 7) is 0.680. The van der Waals surface area contributed by atoms with Gasteiger partial charge in [0.2, 0.25) is 0 Å². The molecule has 2 N–H and O–H groups in total. The third-order valence-corrected chi connectivity index (χ3v) is 6.95. The second kappa shape index (κ2) is 6.86. The van der Waals surface area contributed by atoms with Gasteiger partial charge in [-0.15, -0.1) is 0 Å². The molecule has 0 unspecified atom stereocenters. The normalized spacial score (nSPS) is 28.2. The number of nitrogens with zero attached hydrogens (tertiary/aromatic N) is 1. The lowest BCUT2D eigenvalue weighted by Gasteiger charge is -2.46. The Morgan fingerprint density at radius 2 is 2.04 bits per heavy atom. The third-order valence-electron chi connectivity index (χ3n) is 6.95. The topological polar surface area (TPSA) is 57.4 Å². The molecule has 2 heterocycles. The summed E-state index contributed by atoms with van der Waals surface area (Å²) < 4.78 is 5.86. The first-order valence-electron chi connectivity index (χ1n) is 10.4. The van der Waals surface area contributed by atoms with Gasteiger partial charge in [-0.05, 0) is 37.3 Å². The van der Waals surface area contributed by atoms with Crippen molar-refractivity contribution in [1.82, 2.24) is 15.2 Å². The van der Waals surface area contributed by atoms with Crippen molar-refractivity contribution in [3.8, 4) is 0 Å². The van der Waals surface area contributed by atoms with Crippen LogP contribution in [0.3, 0.4) is 0 Å². The number of carbonyl (C=O) groups is 1. The van der Waals surface area contributed by atoms with Gasteiger partial charge in [0.25, 0.3) is 0 Å². The second-order valence-electron chi connectivity index (χ2n) is 8.47. The largest absolute Gasteiger partial charge is 0.379 e. The molecule has 5 heteroatoms. The van der Waals surface area contributed by atoms with Gasteiger partial charge in [0.05, 0.1) is 6.10 Å². The van der Waals surface area contributed by atoms with Crippen LogP contribution in [0.25, 0.3) is 10.9 Å². The Bertz CT molecular complexity index is 839. The van der Waals surface area contributed by atoms with Crippen molar-refractivity contribution in [3.05, 3.63) is 35.5 Å². The summed E-state index contributed by atoms with van der Waals surface area (Å²) in [6.07, 6.45) is 7.97. The number of piperidine rings is 1. The number of aromatic amines is 1. The minimum Gasteiger partial charge on any atom is -0.379 e. The molecule has 0 radical (unpaired) electrons. The quantitative estimate of drug-likeness (QED) is 0.845. The first-order valence-corrected chi connectivity index (χ1v) is 10.4. The predicted molar refractivity (Wildman–Crippen MR) is 106 cm³/mol. The van der Waals surface area contributed by atoms with Crippen LogP contribution in [0.1, 0.15) is 55.7 Å². The summed E-state index contributed by atoms with van der Waals surface area (Å²) in [7, 11) is 1.78. The number of H-pyrrole nitrogens is 1. The summed E-state index contributed by atoms with van der Waals surface area (Å²) >= 11 is 0. The predicted octanol–water partition coefficient (Wildman–Crippen LogP) is 3.94. The van der Waals surface area contributed by atoms with E-state index in [2.05, 4.69) is 39.5 Å². The monoisotopic (exact) mass is 367 g/mol. The highest BCUT2D eigenvalue weighted by Crippen LogP contribution is 2.43. The zero-order chi connectivity index (χ0) is 18.4. The molecule has 1 aromatic carbocycles. The van der Waals surface area contributed by atoms with Crippen molar-refractivity contribution in [1.29, 1.82) is 0 Å². The second-order valence-corrected chi connectivity index (χ2v) is 8.47. The van der Waals surface area contributed by atoms with Gasteiger partial charge < -0.3 is 19.9 Å². The number of ether oxygens (including phenoxy) is 1. The molecule has 1 aromatic heterocycles. The van der Waals surface area contributed by atoms with Crippen molar-refractivity contribution < 1.29 is 9.53 Å². The van der Waals surface area contributed by atoms with Crippen molar-refractivity contribution in [2.75, 3.05) is 13.7 Å². The molecule has 2 aromatic rings. The van der Waals surface area contributed by atoms with Crippen LogP contribution in [0.4, 0.5) is 4.79 Å². The minimum atomic E-state index is 0.0467. The van der Waals surface area contributed by atoms with E-state index in [4.69, 9.17) is 4.74 Å². The minimum absolute atomic E-state index is 0.0467. The van der Waals surface area contributed by atoms with Crippen molar-refractivity contribution in [2.24, 2.45) is 0 Å². The number of fused-ring (bicyclic) bond motifs is 6. The van der Waals surface area contributed by atoms with E-state index in [1.54, 1.807) is 7.11 Å². The summed E-state index contributed by atoms with van der Waals surface area (Å²) in [4.78, 5) is 18.8. The van der Waals surface area contributed by atoms with Gasteiger partial charge >= 0.3 is 6.03 Å². The number of likely N-dealkylation sites (tertiary alicyclic amines) is 1. The molecule has 1 saturated carbocycles. The number of methoxy groups -OCH3 is 1. The summed E-state index contributed by atoms with van der Waals surface area (Å²) in [5.41, 5.74) is 3.90. The Hall–Kier alpha value is -2.01. The maximum atomic E-state index is 13.1. The van der Waals surface area contributed by atoms with E-state index in [0.717, 1.165) is 25.7 Å². The number of rotatable bonds is 2. The molecule has 5 rings (SSSR count). The maximum Gasteiger partial charge on any atom is 0.317 e. The van der Waals surface area contributed by atoms with Gasteiger partial charge in [-0.2, -0.15) is 0 Å². The molecule has 1 aliphatic heterocycles. The number of hydrogen-bond acceptors (Lipinski definition) is 2. The number of amides is 2. The highest BCUT2D eigenvalue weighted by atomic mass is 16.5. The Morgan fingerprint density at radius 1 is 1.22 bits per heavy atom. The molecule has 3 aliphatic rings. The van der Waals surface area contributed by atoms with Crippen LogP contribution < -0.4 is 5.32 Å². The average Bonchev–Trinajstić information content (AvgIpc) is 3.08. The summed E-state index contributed by atoms with van der Waals surface area (Å²) in [5, 5.41) is 4.61. The molecule has 3 atom stereocenters. The van der Waals surface area contributed by atoms with Gasteiger partial charge in [0, 0.05) is 48.3 Å². The molecular formula is C22H29N3O2. The third kappa shape index (κ3) is 2.92. The van der Waals surface area contributed by atoms with Crippen molar-refractivity contribution in [2.45, 2.75) is 69.1 Å². The van der Waals surface area contributed by atoms with E-state index in [1.165, 1.54) is 41.4 Å². The average molecular weight is 367 g/mol. The van der Waals surface area contributed by atoms with Crippen LogP contribution in [-0.2, 0) is 11.2 Å². The first-order chi connectivity index (χ1) is 13.2. The van der Waals surface area contributed by atoms with Gasteiger partial charge in [0.15, 0.2) is 0 Å². The molecule has 1 saturated heterocycles. The van der Waals surface area contributed by atoms with E-state index >= 15 is 0 Å². The first kappa shape index (κ1) is 17.1. The molecule has 2 amide bonds. The molecule has 144 valence electrons. The van der Waals surface area contributed by atoms with Gasteiger partial charge in [-0.25, -0.2) is 4.79 Å². The van der Waals surface area contributed by atoms with Crippen LogP contribution in [-0.4, -0.2) is 47.8 Å². The van der Waals surface area contributed by atoms with Crippen LogP contribution in [0.2, 0.25) is 0 Å². The van der Waals surface area contributed by atoms with Crippen molar-refractivity contribution in [3.63, 3.8) is 0 Å². The molecule has 5 nitrogen and oxygen atoms in total. The lowest BCUT2D eigenvalue weighted by Crippen LogP contribution is -2.58. The lowest BCUT2D eigenvalue weighted by atomic mass is 9.76. The molecule has 2 aliphatic carbocycles. The number of aromatic nitrogens is 1. The SMILES string of the molecule is CO[C@H]1CN(C(=O)NC2CCCCC2)[C@H]2Cc3c([nH]c4ccccc34)[C@@H]1C2. The van der Waals surface area contributed by atoms with Crippen LogP contribution >= 0.6 is 0 Å². The van der Waals surface area contributed by atoms with Crippen molar-refractivity contribution >= 4 is 16.9 Å². The molecule has 2 bridgehead atoms. The van der Waals surface area contributed by atoms with Crippen LogP contribution in [0.5, 0.6) is 0 Å².